The molecule has 0 spiro atoms. The Morgan fingerprint density at radius 2 is 1.90 bits per heavy atom. The van der Waals surface area contributed by atoms with Gasteiger partial charge in [-0.3, -0.25) is 9.78 Å². The molecule has 1 aromatic carbocycles. The molecule has 11 heteroatoms. The summed E-state index contributed by atoms with van der Waals surface area (Å²) in [6, 6.07) is 7.08. The summed E-state index contributed by atoms with van der Waals surface area (Å²) in [5.74, 6) is -6.95. The average Bonchev–Trinajstić information content (AvgIpc) is 2.66. The highest BCUT2D eigenvalue weighted by atomic mass is 35.5. The fraction of sp³-hybridized carbons (Fsp3) is 0.0556. The van der Waals surface area contributed by atoms with Crippen molar-refractivity contribution in [2.45, 2.75) is 10.6 Å². The number of hydrogen-bond acceptors (Lipinski definition) is 5. The zero-order valence-electron chi connectivity index (χ0n) is 14.4. The van der Waals surface area contributed by atoms with E-state index < -0.39 is 44.9 Å². The van der Waals surface area contributed by atoms with Crippen molar-refractivity contribution in [2.75, 3.05) is 5.32 Å². The standard InChI is InChI=1S/C18H11ClF3N3O3S/c19-12-4-3-11(18(26)25-15-7-13(20)16(21)17(22)24-15)6-14(12)29(27,28)9-10-2-1-5-23-8-10/h1-8H,9H2,(H,24,25,26). The molecule has 0 fully saturated rings. The predicted octanol–water partition coefficient (Wildman–Crippen LogP) is 3.77. The number of amides is 1. The Bertz CT molecular complexity index is 1170. The number of carbonyl (C=O) groups is 1. The number of aromatic nitrogens is 2. The van der Waals surface area contributed by atoms with Gasteiger partial charge in [0, 0.05) is 24.0 Å². The van der Waals surface area contributed by atoms with Crippen LogP contribution in [0.25, 0.3) is 0 Å². The Labute approximate surface area is 168 Å². The first-order valence-corrected chi connectivity index (χ1v) is 9.94. The molecule has 3 rings (SSSR count). The van der Waals surface area contributed by atoms with E-state index in [1.54, 1.807) is 12.1 Å². The minimum absolute atomic E-state index is 0.109. The van der Waals surface area contributed by atoms with Crippen molar-refractivity contribution in [3.63, 3.8) is 0 Å². The first kappa shape index (κ1) is 20.7. The molecule has 0 aliphatic heterocycles. The van der Waals surface area contributed by atoms with Gasteiger partial charge in [0.15, 0.2) is 15.7 Å². The van der Waals surface area contributed by atoms with Crippen LogP contribution >= 0.6 is 11.6 Å². The number of anilines is 1. The van der Waals surface area contributed by atoms with Gasteiger partial charge in [-0.1, -0.05) is 17.7 Å². The minimum Gasteiger partial charge on any atom is -0.306 e. The second kappa shape index (κ2) is 8.18. The summed E-state index contributed by atoms with van der Waals surface area (Å²) < 4.78 is 64.8. The topological polar surface area (TPSA) is 89.0 Å². The Morgan fingerprint density at radius 3 is 2.55 bits per heavy atom. The molecule has 3 aromatic rings. The van der Waals surface area contributed by atoms with Crippen molar-refractivity contribution in [1.82, 2.24) is 9.97 Å². The Hall–Kier alpha value is -2.98. The molecule has 0 aliphatic rings. The number of sulfone groups is 1. The molecule has 0 unspecified atom stereocenters. The van der Waals surface area contributed by atoms with Gasteiger partial charge < -0.3 is 5.32 Å². The third-order valence-electron chi connectivity index (χ3n) is 3.72. The van der Waals surface area contributed by atoms with Crippen molar-refractivity contribution in [3.05, 3.63) is 82.5 Å². The maximum Gasteiger partial charge on any atom is 0.256 e. The summed E-state index contributed by atoms with van der Waals surface area (Å²) in [6.45, 7) is 0. The molecule has 0 saturated heterocycles. The molecule has 1 amide bonds. The molecule has 29 heavy (non-hydrogen) atoms. The van der Waals surface area contributed by atoms with Crippen molar-refractivity contribution in [3.8, 4) is 0 Å². The number of nitrogens with one attached hydrogen (secondary N) is 1. The monoisotopic (exact) mass is 441 g/mol. The van der Waals surface area contributed by atoms with Crippen LogP contribution in [-0.4, -0.2) is 24.3 Å². The van der Waals surface area contributed by atoms with Gasteiger partial charge in [0.05, 0.1) is 15.7 Å². The van der Waals surface area contributed by atoms with Crippen LogP contribution in [0.4, 0.5) is 19.0 Å². The van der Waals surface area contributed by atoms with Crippen LogP contribution in [0.2, 0.25) is 5.02 Å². The highest BCUT2D eigenvalue weighted by molar-refractivity contribution is 7.90. The predicted molar refractivity (Wildman–Crippen MR) is 98.6 cm³/mol. The Balaban J connectivity index is 1.89. The lowest BCUT2D eigenvalue weighted by molar-refractivity contribution is 0.102. The number of carbonyl (C=O) groups excluding carboxylic acids is 1. The number of rotatable bonds is 5. The van der Waals surface area contributed by atoms with Gasteiger partial charge >= 0.3 is 0 Å². The number of pyridine rings is 2. The Kier molecular flexibility index (Phi) is 5.85. The summed E-state index contributed by atoms with van der Waals surface area (Å²) in [4.78, 5) is 18.9. The lowest BCUT2D eigenvalue weighted by atomic mass is 10.2. The third-order valence-corrected chi connectivity index (χ3v) is 5.89. The third kappa shape index (κ3) is 4.72. The molecule has 0 atom stereocenters. The number of nitrogens with zero attached hydrogens (tertiary/aromatic N) is 2. The molecule has 150 valence electrons. The molecule has 0 bridgehead atoms. The van der Waals surface area contributed by atoms with Crippen LogP contribution in [-0.2, 0) is 15.6 Å². The fourth-order valence-corrected chi connectivity index (χ4v) is 4.29. The number of benzene rings is 1. The van der Waals surface area contributed by atoms with Gasteiger partial charge in [-0.15, -0.1) is 0 Å². The van der Waals surface area contributed by atoms with E-state index in [9.17, 15) is 26.4 Å². The highest BCUT2D eigenvalue weighted by Crippen LogP contribution is 2.26. The van der Waals surface area contributed by atoms with Crippen molar-refractivity contribution < 1.29 is 26.4 Å². The molecule has 1 N–H and O–H groups in total. The highest BCUT2D eigenvalue weighted by Gasteiger charge is 2.22. The second-order valence-corrected chi connectivity index (χ2v) is 8.18. The van der Waals surface area contributed by atoms with E-state index in [-0.39, 0.29) is 15.5 Å². The van der Waals surface area contributed by atoms with E-state index >= 15 is 0 Å². The van der Waals surface area contributed by atoms with Crippen LogP contribution < -0.4 is 5.32 Å². The largest absolute Gasteiger partial charge is 0.306 e. The SMILES string of the molecule is O=C(Nc1cc(F)c(F)c(F)n1)c1ccc(Cl)c(S(=O)(=O)Cc2cccnc2)c1. The van der Waals surface area contributed by atoms with Gasteiger partial charge in [-0.2, -0.15) is 13.8 Å². The van der Waals surface area contributed by atoms with Crippen LogP contribution in [0.3, 0.4) is 0 Å². The maximum atomic E-state index is 13.3. The maximum absolute atomic E-state index is 13.3. The van der Waals surface area contributed by atoms with Crippen molar-refractivity contribution in [1.29, 1.82) is 0 Å². The molecule has 2 heterocycles. The average molecular weight is 442 g/mol. The van der Waals surface area contributed by atoms with Gasteiger partial charge in [-0.25, -0.2) is 12.8 Å². The summed E-state index contributed by atoms with van der Waals surface area (Å²) in [5, 5.41) is 1.96. The summed E-state index contributed by atoms with van der Waals surface area (Å²) in [6.07, 6.45) is 2.87. The van der Waals surface area contributed by atoms with Crippen molar-refractivity contribution >= 4 is 33.2 Å². The first-order valence-electron chi connectivity index (χ1n) is 7.91. The smallest absolute Gasteiger partial charge is 0.256 e. The molecular formula is C18H11ClF3N3O3S. The first-order chi connectivity index (χ1) is 13.7. The summed E-state index contributed by atoms with van der Waals surface area (Å²) in [7, 11) is -3.93. The zero-order chi connectivity index (χ0) is 21.2. The minimum atomic E-state index is -3.93. The number of halogens is 4. The van der Waals surface area contributed by atoms with E-state index in [1.807, 2.05) is 0 Å². The van der Waals surface area contributed by atoms with E-state index in [1.165, 1.54) is 24.5 Å². The number of hydrogen-bond donors (Lipinski definition) is 1. The molecule has 0 saturated carbocycles. The van der Waals surface area contributed by atoms with Crippen LogP contribution in [0.1, 0.15) is 15.9 Å². The molecular weight excluding hydrogens is 431 g/mol. The second-order valence-electron chi connectivity index (χ2n) is 5.81. The van der Waals surface area contributed by atoms with Gasteiger partial charge in [0.25, 0.3) is 11.9 Å². The molecule has 2 aromatic heterocycles. The lowest BCUT2D eigenvalue weighted by Crippen LogP contribution is -2.15. The van der Waals surface area contributed by atoms with Gasteiger partial charge in [0.1, 0.15) is 5.82 Å². The zero-order valence-corrected chi connectivity index (χ0v) is 15.9. The molecule has 0 radical (unpaired) electrons. The van der Waals surface area contributed by atoms with E-state index in [0.29, 0.717) is 11.6 Å². The van der Waals surface area contributed by atoms with E-state index in [2.05, 4.69) is 15.3 Å². The van der Waals surface area contributed by atoms with E-state index in [4.69, 9.17) is 11.6 Å². The summed E-state index contributed by atoms with van der Waals surface area (Å²) in [5.41, 5.74) is 0.256. The van der Waals surface area contributed by atoms with Crippen LogP contribution in [0, 0.1) is 17.6 Å². The summed E-state index contributed by atoms with van der Waals surface area (Å²) >= 11 is 5.99. The normalized spacial score (nSPS) is 11.3. The van der Waals surface area contributed by atoms with Crippen LogP contribution in [0.15, 0.2) is 53.7 Å². The molecule has 0 aliphatic carbocycles. The van der Waals surface area contributed by atoms with Gasteiger partial charge in [-0.05, 0) is 29.8 Å². The molecule has 6 nitrogen and oxygen atoms in total. The van der Waals surface area contributed by atoms with E-state index in [0.717, 1.165) is 6.07 Å². The Morgan fingerprint density at radius 1 is 1.14 bits per heavy atom. The lowest BCUT2D eigenvalue weighted by Gasteiger charge is -2.10. The fourth-order valence-electron chi connectivity index (χ4n) is 2.39. The van der Waals surface area contributed by atoms with Crippen molar-refractivity contribution in [2.24, 2.45) is 0 Å². The van der Waals surface area contributed by atoms with Gasteiger partial charge in [0.2, 0.25) is 5.82 Å². The van der Waals surface area contributed by atoms with Crippen LogP contribution in [0.5, 0.6) is 0 Å². The quantitative estimate of drug-likeness (QED) is 0.609.